The molecule has 0 saturated heterocycles. The van der Waals surface area contributed by atoms with E-state index < -0.39 is 21.9 Å². The van der Waals surface area contributed by atoms with Crippen LogP contribution in [0.4, 0.5) is 5.69 Å². The maximum absolute atomic E-state index is 13.5. The lowest BCUT2D eigenvalue weighted by Gasteiger charge is -2.34. The summed E-state index contributed by atoms with van der Waals surface area (Å²) in [6, 6.07) is 16.7. The predicted octanol–water partition coefficient (Wildman–Crippen LogP) is 5.33. The van der Waals surface area contributed by atoms with E-state index in [1.165, 1.54) is 6.07 Å². The van der Waals surface area contributed by atoms with Gasteiger partial charge in [0.1, 0.15) is 12.4 Å². The van der Waals surface area contributed by atoms with Crippen LogP contribution in [0, 0.1) is 12.8 Å². The van der Waals surface area contributed by atoms with Crippen LogP contribution in [-0.4, -0.2) is 26.0 Å². The Balaban J connectivity index is 1.71. The average molecular weight is 506 g/mol. The van der Waals surface area contributed by atoms with Gasteiger partial charge in [-0.05, 0) is 54.8 Å². The molecule has 3 aromatic carbocycles. The molecule has 1 heterocycles. The van der Waals surface area contributed by atoms with Gasteiger partial charge < -0.3 is 9.84 Å². The number of aliphatic carboxylic acids is 1. The number of aryl methyl sites for hydroxylation is 1. The molecule has 0 aromatic heterocycles. The number of nitrogens with zero attached hydrogens (tertiary/aromatic N) is 1. The summed E-state index contributed by atoms with van der Waals surface area (Å²) in [5, 5.41) is 10.5. The third kappa shape index (κ3) is 4.81. The Morgan fingerprint density at radius 1 is 1.09 bits per heavy atom. The third-order valence-electron chi connectivity index (χ3n) is 5.55. The Kier molecular flexibility index (Phi) is 6.56. The van der Waals surface area contributed by atoms with Gasteiger partial charge in [0.05, 0.1) is 16.5 Å². The highest BCUT2D eigenvalue weighted by Crippen LogP contribution is 2.37. The minimum absolute atomic E-state index is 0.0969. The van der Waals surface area contributed by atoms with Gasteiger partial charge in [0, 0.05) is 28.2 Å². The van der Waals surface area contributed by atoms with E-state index in [-0.39, 0.29) is 24.5 Å². The van der Waals surface area contributed by atoms with Crippen LogP contribution in [0.15, 0.2) is 65.6 Å². The van der Waals surface area contributed by atoms with E-state index in [0.717, 1.165) is 9.87 Å². The molecule has 0 fully saturated rings. The first-order valence-electron chi connectivity index (χ1n) is 10.2. The molecule has 172 valence electrons. The van der Waals surface area contributed by atoms with Crippen LogP contribution in [-0.2, 0) is 27.8 Å². The summed E-state index contributed by atoms with van der Waals surface area (Å²) in [5.74, 6) is -1.48. The number of ether oxygens (including phenoxy) is 1. The number of anilines is 1. The second-order valence-corrected chi connectivity index (χ2v) is 10.5. The van der Waals surface area contributed by atoms with Crippen LogP contribution in [0.25, 0.3) is 0 Å². The van der Waals surface area contributed by atoms with Crippen molar-refractivity contribution in [3.63, 3.8) is 0 Å². The number of hydrogen-bond acceptors (Lipinski definition) is 4. The molecular formula is C24H21Cl2NO5S. The van der Waals surface area contributed by atoms with Crippen molar-refractivity contribution in [1.29, 1.82) is 0 Å². The first-order valence-corrected chi connectivity index (χ1v) is 12.4. The first kappa shape index (κ1) is 23.4. The van der Waals surface area contributed by atoms with E-state index in [9.17, 15) is 18.3 Å². The van der Waals surface area contributed by atoms with Crippen LogP contribution < -0.4 is 9.04 Å². The smallest absolute Gasteiger partial charge is 0.308 e. The highest BCUT2D eigenvalue weighted by molar-refractivity contribution is 7.92. The fourth-order valence-electron chi connectivity index (χ4n) is 3.79. The van der Waals surface area contributed by atoms with Crippen molar-refractivity contribution in [3.8, 4) is 5.75 Å². The van der Waals surface area contributed by atoms with Crippen LogP contribution in [0.5, 0.6) is 5.75 Å². The van der Waals surface area contributed by atoms with Crippen molar-refractivity contribution >= 4 is 44.9 Å². The zero-order valence-electron chi connectivity index (χ0n) is 17.7. The molecule has 1 aliphatic rings. The summed E-state index contributed by atoms with van der Waals surface area (Å²) in [6.07, 6.45) is 0.223. The van der Waals surface area contributed by atoms with Gasteiger partial charge in [-0.2, -0.15) is 0 Å². The normalized spacial score (nSPS) is 15.7. The highest BCUT2D eigenvalue weighted by Gasteiger charge is 2.36. The summed E-state index contributed by atoms with van der Waals surface area (Å²) in [6.45, 7) is 1.73. The molecule has 6 nitrogen and oxygen atoms in total. The van der Waals surface area contributed by atoms with Crippen LogP contribution in [0.2, 0.25) is 10.0 Å². The van der Waals surface area contributed by atoms with Gasteiger partial charge in [0.2, 0.25) is 0 Å². The molecule has 0 aliphatic carbocycles. The van der Waals surface area contributed by atoms with Gasteiger partial charge >= 0.3 is 5.97 Å². The first-order chi connectivity index (χ1) is 15.7. The van der Waals surface area contributed by atoms with Gasteiger partial charge in [-0.1, -0.05) is 47.5 Å². The Morgan fingerprint density at radius 2 is 1.79 bits per heavy atom. The number of halogens is 2. The second kappa shape index (κ2) is 9.25. The van der Waals surface area contributed by atoms with Crippen molar-refractivity contribution in [3.05, 3.63) is 87.4 Å². The predicted molar refractivity (Wildman–Crippen MR) is 128 cm³/mol. The van der Waals surface area contributed by atoms with Crippen LogP contribution in [0.3, 0.4) is 0 Å². The van der Waals surface area contributed by atoms with E-state index in [4.69, 9.17) is 27.9 Å². The molecular weight excluding hydrogens is 485 g/mol. The molecule has 9 heteroatoms. The lowest BCUT2D eigenvalue weighted by molar-refractivity contribution is -0.141. The molecule has 0 spiro atoms. The van der Waals surface area contributed by atoms with Crippen molar-refractivity contribution in [2.75, 3.05) is 10.8 Å². The molecule has 0 amide bonds. The lowest BCUT2D eigenvalue weighted by Crippen LogP contribution is -2.42. The summed E-state index contributed by atoms with van der Waals surface area (Å²) in [7, 11) is -3.99. The molecule has 1 aliphatic heterocycles. The number of benzene rings is 3. The zero-order chi connectivity index (χ0) is 23.8. The van der Waals surface area contributed by atoms with Gasteiger partial charge in [-0.3, -0.25) is 9.10 Å². The summed E-state index contributed by atoms with van der Waals surface area (Å²) in [5.41, 5.74) is 2.43. The maximum atomic E-state index is 13.5. The zero-order valence-corrected chi connectivity index (χ0v) is 20.0. The van der Waals surface area contributed by atoms with Gasteiger partial charge in [-0.15, -0.1) is 0 Å². The molecule has 4 rings (SSSR count). The second-order valence-electron chi connectivity index (χ2n) is 7.87. The summed E-state index contributed by atoms with van der Waals surface area (Å²) in [4.78, 5) is 11.9. The molecule has 0 saturated carbocycles. The number of fused-ring (bicyclic) bond motifs is 1. The summed E-state index contributed by atoms with van der Waals surface area (Å²) >= 11 is 12.4. The minimum Gasteiger partial charge on any atom is -0.489 e. The Hall–Kier alpha value is -2.74. The van der Waals surface area contributed by atoms with Crippen LogP contribution in [0.1, 0.15) is 16.7 Å². The minimum atomic E-state index is -3.99. The molecule has 3 aromatic rings. The molecule has 1 N–H and O–H groups in total. The Morgan fingerprint density at radius 3 is 2.45 bits per heavy atom. The van der Waals surface area contributed by atoms with E-state index in [0.29, 0.717) is 32.6 Å². The summed E-state index contributed by atoms with van der Waals surface area (Å²) < 4.78 is 34.0. The highest BCUT2D eigenvalue weighted by atomic mass is 35.5. The molecule has 33 heavy (non-hydrogen) atoms. The molecule has 0 radical (unpaired) electrons. The Labute approximate surface area is 202 Å². The van der Waals surface area contributed by atoms with Gasteiger partial charge in [-0.25, -0.2) is 8.42 Å². The maximum Gasteiger partial charge on any atom is 0.308 e. The monoisotopic (exact) mass is 505 g/mol. The molecule has 1 unspecified atom stereocenters. The topological polar surface area (TPSA) is 83.9 Å². The number of sulfonamides is 1. The van der Waals surface area contributed by atoms with E-state index in [1.807, 2.05) is 0 Å². The number of hydrogen-bond donors (Lipinski definition) is 1. The fraction of sp³-hybridized carbons (Fsp3) is 0.208. The largest absolute Gasteiger partial charge is 0.489 e. The van der Waals surface area contributed by atoms with Gasteiger partial charge in [0.15, 0.2) is 0 Å². The van der Waals surface area contributed by atoms with Gasteiger partial charge in [0.25, 0.3) is 10.0 Å². The molecule has 1 atom stereocenters. The van der Waals surface area contributed by atoms with Crippen molar-refractivity contribution in [2.24, 2.45) is 5.92 Å². The number of carboxylic acids is 1. The van der Waals surface area contributed by atoms with E-state index >= 15 is 0 Å². The lowest BCUT2D eigenvalue weighted by atomic mass is 9.94. The van der Waals surface area contributed by atoms with Crippen molar-refractivity contribution < 1.29 is 23.1 Å². The number of carboxylic acid groups (broad SMARTS) is 1. The number of rotatable bonds is 6. The SMILES string of the molecule is Cc1cccc(S(=O)(=O)N2CC(C(=O)O)Cc3ccc(OCc4c(Cl)cccc4Cl)cc32)c1. The quantitative estimate of drug-likeness (QED) is 0.489. The van der Waals surface area contributed by atoms with E-state index in [2.05, 4.69) is 0 Å². The fourth-order valence-corrected chi connectivity index (χ4v) is 5.94. The standard InChI is InChI=1S/C24H21Cl2NO5S/c1-15-4-2-5-19(10-15)33(30,31)27-13-17(24(28)29)11-16-8-9-18(12-23(16)27)32-14-20-21(25)6-3-7-22(20)26/h2-10,12,17H,11,13-14H2,1H3,(H,28,29). The van der Waals surface area contributed by atoms with Crippen molar-refractivity contribution in [2.45, 2.75) is 24.8 Å². The third-order valence-corrected chi connectivity index (χ3v) is 8.03. The van der Waals surface area contributed by atoms with Crippen LogP contribution >= 0.6 is 23.2 Å². The number of carbonyl (C=O) groups is 1. The van der Waals surface area contributed by atoms with Crippen molar-refractivity contribution in [1.82, 2.24) is 0 Å². The van der Waals surface area contributed by atoms with E-state index in [1.54, 1.807) is 61.5 Å². The average Bonchev–Trinajstić information content (AvgIpc) is 2.77. The molecule has 0 bridgehead atoms. The Bertz CT molecular complexity index is 1310.